The minimum absolute atomic E-state index is 0.0546. The van der Waals surface area contributed by atoms with Gasteiger partial charge in [-0.2, -0.15) is 0 Å². The number of hydrogen-bond donors (Lipinski definition) is 1. The van der Waals surface area contributed by atoms with E-state index < -0.39 is 0 Å². The summed E-state index contributed by atoms with van der Waals surface area (Å²) in [6.07, 6.45) is 6.17. The van der Waals surface area contributed by atoms with Crippen LogP contribution in [0.1, 0.15) is 18.0 Å². The Kier molecular flexibility index (Phi) is 3.32. The van der Waals surface area contributed by atoms with Gasteiger partial charge in [0.2, 0.25) is 5.95 Å². The number of hydrogen-bond acceptors (Lipinski definition) is 4. The first-order valence-electron chi connectivity index (χ1n) is 6.89. The number of ether oxygens (including phenoxy) is 1. The molecular weight excluding hydrogens is 323 g/mol. The van der Waals surface area contributed by atoms with Crippen LogP contribution in [0.5, 0.6) is 5.75 Å². The monoisotopic (exact) mass is 334 g/mol. The molecule has 1 aliphatic rings. The first kappa shape index (κ1) is 13.7. The molecule has 0 fully saturated rings. The smallest absolute Gasteiger partial charge is 0.209 e. The van der Waals surface area contributed by atoms with Crippen LogP contribution in [-0.2, 0) is 0 Å². The second kappa shape index (κ2) is 5.34. The van der Waals surface area contributed by atoms with Crippen molar-refractivity contribution >= 4 is 34.8 Å². The Balaban J connectivity index is 1.74. The molecule has 0 saturated heterocycles. The maximum absolute atomic E-state index is 6.24. The zero-order valence-electron chi connectivity index (χ0n) is 11.5. The molecule has 0 aliphatic carbocycles. The van der Waals surface area contributed by atoms with E-state index in [9.17, 15) is 0 Å². The Hall–Kier alpha value is -1.98. The highest BCUT2D eigenvalue weighted by molar-refractivity contribution is 6.43. The van der Waals surface area contributed by atoms with Gasteiger partial charge in [0.1, 0.15) is 16.4 Å². The van der Waals surface area contributed by atoms with E-state index in [1.165, 1.54) is 0 Å². The highest BCUT2D eigenvalue weighted by Gasteiger charge is 2.25. The maximum atomic E-state index is 6.24. The summed E-state index contributed by atoms with van der Waals surface area (Å²) in [6.45, 7) is 0.574. The number of aromatic nitrogens is 3. The molecule has 0 bridgehead atoms. The molecule has 112 valence electrons. The molecule has 7 heteroatoms. The summed E-state index contributed by atoms with van der Waals surface area (Å²) >= 11 is 12.3. The molecule has 2 aromatic heterocycles. The number of fused-ring (bicyclic) bond motifs is 2. The molecule has 3 heterocycles. The van der Waals surface area contributed by atoms with Crippen LogP contribution in [0.4, 0.5) is 5.95 Å². The molecule has 1 aromatic carbocycles. The van der Waals surface area contributed by atoms with Gasteiger partial charge in [0.15, 0.2) is 0 Å². The Morgan fingerprint density at radius 3 is 3.00 bits per heavy atom. The zero-order chi connectivity index (χ0) is 15.1. The average Bonchev–Trinajstić information content (AvgIpc) is 3.01. The minimum atomic E-state index is 0.0546. The van der Waals surface area contributed by atoms with E-state index in [-0.39, 0.29) is 6.04 Å². The van der Waals surface area contributed by atoms with E-state index >= 15 is 0 Å². The summed E-state index contributed by atoms with van der Waals surface area (Å²) in [5.74, 6) is 1.38. The Morgan fingerprint density at radius 2 is 2.09 bits per heavy atom. The topological polar surface area (TPSA) is 51.5 Å². The molecule has 4 rings (SSSR count). The second-order valence-corrected chi connectivity index (χ2v) is 5.82. The SMILES string of the molecule is Clc1ccc2c(c1Cl)OCCC2Nc1nccc2nccn12. The summed E-state index contributed by atoms with van der Waals surface area (Å²) in [5, 5.41) is 4.40. The number of halogens is 2. The lowest BCUT2D eigenvalue weighted by Crippen LogP contribution is -2.22. The van der Waals surface area contributed by atoms with E-state index in [1.807, 2.05) is 22.7 Å². The predicted octanol–water partition coefficient (Wildman–Crippen LogP) is 3.97. The molecule has 0 spiro atoms. The van der Waals surface area contributed by atoms with Gasteiger partial charge >= 0.3 is 0 Å². The molecule has 5 nitrogen and oxygen atoms in total. The number of imidazole rings is 1. The fourth-order valence-corrected chi connectivity index (χ4v) is 3.04. The van der Waals surface area contributed by atoms with Crippen molar-refractivity contribution in [3.63, 3.8) is 0 Å². The van der Waals surface area contributed by atoms with Crippen molar-refractivity contribution in [2.45, 2.75) is 12.5 Å². The van der Waals surface area contributed by atoms with Crippen molar-refractivity contribution < 1.29 is 4.74 Å². The van der Waals surface area contributed by atoms with Crippen LogP contribution in [0.25, 0.3) is 5.65 Å². The van der Waals surface area contributed by atoms with Crippen LogP contribution in [0.2, 0.25) is 10.0 Å². The van der Waals surface area contributed by atoms with Crippen LogP contribution in [0, 0.1) is 0 Å². The summed E-state index contributed by atoms with van der Waals surface area (Å²) in [5.41, 5.74) is 1.83. The van der Waals surface area contributed by atoms with Gasteiger partial charge in [0, 0.05) is 30.6 Å². The molecule has 1 atom stereocenters. The largest absolute Gasteiger partial charge is 0.492 e. The molecule has 22 heavy (non-hydrogen) atoms. The Morgan fingerprint density at radius 1 is 1.18 bits per heavy atom. The number of nitrogens with zero attached hydrogens (tertiary/aromatic N) is 3. The Labute approximate surface area is 136 Å². The number of benzene rings is 1. The zero-order valence-corrected chi connectivity index (χ0v) is 13.0. The third-order valence-electron chi connectivity index (χ3n) is 3.73. The van der Waals surface area contributed by atoms with Gasteiger partial charge < -0.3 is 10.1 Å². The molecule has 1 aliphatic heterocycles. The fraction of sp³-hybridized carbons (Fsp3) is 0.200. The van der Waals surface area contributed by atoms with Crippen molar-refractivity contribution in [1.82, 2.24) is 14.4 Å². The van der Waals surface area contributed by atoms with Crippen LogP contribution in [-0.4, -0.2) is 21.0 Å². The fourth-order valence-electron chi connectivity index (χ4n) is 2.67. The van der Waals surface area contributed by atoms with Crippen molar-refractivity contribution in [3.8, 4) is 5.75 Å². The van der Waals surface area contributed by atoms with Gasteiger partial charge in [-0.1, -0.05) is 29.3 Å². The number of nitrogens with one attached hydrogen (secondary N) is 1. The lowest BCUT2D eigenvalue weighted by molar-refractivity contribution is 0.274. The first-order chi connectivity index (χ1) is 10.7. The van der Waals surface area contributed by atoms with Crippen LogP contribution in [0.3, 0.4) is 0 Å². The maximum Gasteiger partial charge on any atom is 0.209 e. The van der Waals surface area contributed by atoms with Crippen molar-refractivity contribution in [1.29, 1.82) is 0 Å². The summed E-state index contributed by atoms with van der Waals surface area (Å²) in [7, 11) is 0. The number of rotatable bonds is 2. The normalized spacial score (nSPS) is 17.1. The van der Waals surface area contributed by atoms with E-state index in [0.717, 1.165) is 23.6 Å². The molecule has 0 saturated carbocycles. The van der Waals surface area contributed by atoms with Gasteiger partial charge in [-0.25, -0.2) is 9.97 Å². The van der Waals surface area contributed by atoms with Gasteiger partial charge in [0.05, 0.1) is 17.7 Å². The highest BCUT2D eigenvalue weighted by atomic mass is 35.5. The predicted molar refractivity (Wildman–Crippen MR) is 85.9 cm³/mol. The van der Waals surface area contributed by atoms with Crippen molar-refractivity contribution in [3.05, 3.63) is 52.4 Å². The van der Waals surface area contributed by atoms with Gasteiger partial charge in [0.25, 0.3) is 0 Å². The molecule has 0 radical (unpaired) electrons. The molecule has 1 N–H and O–H groups in total. The molecule has 1 unspecified atom stereocenters. The summed E-state index contributed by atoms with van der Waals surface area (Å²) < 4.78 is 7.59. The summed E-state index contributed by atoms with van der Waals surface area (Å²) in [6, 6.07) is 5.64. The van der Waals surface area contributed by atoms with Crippen LogP contribution < -0.4 is 10.1 Å². The van der Waals surface area contributed by atoms with Crippen LogP contribution >= 0.6 is 23.2 Å². The summed E-state index contributed by atoms with van der Waals surface area (Å²) in [4.78, 5) is 8.66. The standard InChI is InChI=1S/C15H12Cl2N4O/c16-10-2-1-9-11(4-8-22-14(9)13(10)17)20-15-19-5-3-12-18-6-7-21(12)15/h1-3,5-7,11H,4,8H2,(H,19,20). The minimum Gasteiger partial charge on any atom is -0.492 e. The van der Waals surface area contributed by atoms with Gasteiger partial charge in [-0.15, -0.1) is 0 Å². The third kappa shape index (κ3) is 2.17. The van der Waals surface area contributed by atoms with Gasteiger partial charge in [-0.3, -0.25) is 4.40 Å². The molecule has 3 aromatic rings. The third-order valence-corrected chi connectivity index (χ3v) is 4.52. The van der Waals surface area contributed by atoms with E-state index in [2.05, 4.69) is 15.3 Å². The molecular formula is C15H12Cl2N4O. The first-order valence-corrected chi connectivity index (χ1v) is 7.65. The van der Waals surface area contributed by atoms with E-state index in [4.69, 9.17) is 27.9 Å². The van der Waals surface area contributed by atoms with E-state index in [1.54, 1.807) is 18.5 Å². The number of anilines is 1. The highest BCUT2D eigenvalue weighted by Crippen LogP contribution is 2.42. The van der Waals surface area contributed by atoms with Gasteiger partial charge in [-0.05, 0) is 12.1 Å². The van der Waals surface area contributed by atoms with Crippen molar-refractivity contribution in [2.24, 2.45) is 0 Å². The second-order valence-electron chi connectivity index (χ2n) is 5.04. The van der Waals surface area contributed by atoms with Crippen molar-refractivity contribution in [2.75, 3.05) is 11.9 Å². The van der Waals surface area contributed by atoms with Crippen LogP contribution in [0.15, 0.2) is 36.8 Å². The van der Waals surface area contributed by atoms with E-state index in [0.29, 0.717) is 22.4 Å². The quantitative estimate of drug-likeness (QED) is 0.770. The lowest BCUT2D eigenvalue weighted by Gasteiger charge is -2.28. The average molecular weight is 335 g/mol. The lowest BCUT2D eigenvalue weighted by atomic mass is 10.0. The Bertz CT molecular complexity index is 849. The molecule has 0 amide bonds.